The molecule has 1 aromatic carbocycles. The van der Waals surface area contributed by atoms with Gasteiger partial charge in [0.2, 0.25) is 5.91 Å². The average Bonchev–Trinajstić information content (AvgIpc) is 3.27. The molecule has 0 bridgehead atoms. The predicted molar refractivity (Wildman–Crippen MR) is 113 cm³/mol. The van der Waals surface area contributed by atoms with Gasteiger partial charge in [-0.1, -0.05) is 24.1 Å². The number of benzene rings is 1. The Morgan fingerprint density at radius 2 is 1.87 bits per heavy atom. The monoisotopic (exact) mass is 403 g/mol. The van der Waals surface area contributed by atoms with Gasteiger partial charge in [-0.2, -0.15) is 5.10 Å². The third kappa shape index (κ3) is 4.71. The molecule has 2 aromatic heterocycles. The first-order valence-electron chi connectivity index (χ1n) is 9.21. The third-order valence-corrected chi connectivity index (χ3v) is 4.39. The van der Waals surface area contributed by atoms with Crippen molar-refractivity contribution in [3.63, 3.8) is 0 Å². The van der Waals surface area contributed by atoms with E-state index in [1.165, 1.54) is 13.3 Å². The number of pyridine rings is 1. The number of nitrogens with zero attached hydrogens (tertiary/aromatic N) is 2. The molecule has 3 N–H and O–H groups in total. The maximum absolute atomic E-state index is 12.2. The Morgan fingerprint density at radius 3 is 2.57 bits per heavy atom. The molecule has 0 aliphatic rings. The Labute approximate surface area is 174 Å². The highest BCUT2D eigenvalue weighted by Crippen LogP contribution is 2.26. The summed E-state index contributed by atoms with van der Waals surface area (Å²) in [6.07, 6.45) is 1.51. The van der Waals surface area contributed by atoms with Crippen LogP contribution < -0.4 is 10.6 Å². The van der Waals surface area contributed by atoms with Gasteiger partial charge in [-0.3, -0.25) is 9.89 Å². The van der Waals surface area contributed by atoms with E-state index in [0.29, 0.717) is 22.6 Å². The van der Waals surface area contributed by atoms with Gasteiger partial charge in [0.15, 0.2) is 5.69 Å². The molecule has 0 aliphatic heterocycles. The van der Waals surface area contributed by atoms with Crippen molar-refractivity contribution < 1.29 is 14.3 Å². The highest BCUT2D eigenvalue weighted by Gasteiger charge is 2.19. The predicted octanol–water partition coefficient (Wildman–Crippen LogP) is 2.20. The number of methoxy groups -OCH3 is 1. The normalized spacial score (nSPS) is 11.2. The van der Waals surface area contributed by atoms with E-state index in [4.69, 9.17) is 4.74 Å². The zero-order chi connectivity index (χ0) is 21.5. The molecule has 0 spiro atoms. The van der Waals surface area contributed by atoms with Crippen molar-refractivity contribution in [3.8, 4) is 23.0 Å². The molecule has 2 heterocycles. The molecule has 1 atom stereocenters. The number of nitrogens with one attached hydrogen (secondary N) is 3. The molecule has 0 aliphatic carbocycles. The maximum Gasteiger partial charge on any atom is 0.356 e. The minimum absolute atomic E-state index is 0.197. The lowest BCUT2D eigenvalue weighted by Gasteiger charge is -2.12. The van der Waals surface area contributed by atoms with Crippen molar-refractivity contribution in [1.82, 2.24) is 20.5 Å². The standard InChI is InChI=1S/C22H21N5O3/c1-14(23-2)21(28)26-19-12-10-16(17-13-24-27-20(17)22(29)30-3)18(25-19)11-9-15-7-5-4-6-8-15/h4-8,10,12-14,23H,1-3H3,(H,24,27)(H,25,26,28). The molecule has 0 fully saturated rings. The highest BCUT2D eigenvalue weighted by molar-refractivity contribution is 5.96. The van der Waals surface area contributed by atoms with E-state index in [-0.39, 0.29) is 17.6 Å². The summed E-state index contributed by atoms with van der Waals surface area (Å²) in [4.78, 5) is 28.8. The van der Waals surface area contributed by atoms with E-state index >= 15 is 0 Å². The molecule has 0 saturated heterocycles. The first-order valence-corrected chi connectivity index (χ1v) is 9.21. The molecule has 3 rings (SSSR count). The fraction of sp³-hybridized carbons (Fsp3) is 0.182. The number of aromatic amines is 1. The Bertz CT molecular complexity index is 1110. The number of esters is 1. The Hall–Kier alpha value is -3.96. The van der Waals surface area contributed by atoms with Crippen molar-refractivity contribution in [2.75, 3.05) is 19.5 Å². The number of ether oxygens (including phenoxy) is 1. The number of carbonyl (C=O) groups is 2. The Kier molecular flexibility index (Phi) is 6.57. The van der Waals surface area contributed by atoms with Crippen LogP contribution in [0.5, 0.6) is 0 Å². The van der Waals surface area contributed by atoms with Gasteiger partial charge in [-0.25, -0.2) is 9.78 Å². The van der Waals surface area contributed by atoms with E-state index in [2.05, 4.69) is 37.7 Å². The number of likely N-dealkylation sites (N-methyl/N-ethyl adjacent to an activating group) is 1. The third-order valence-electron chi connectivity index (χ3n) is 4.39. The van der Waals surface area contributed by atoms with Gasteiger partial charge in [0, 0.05) is 16.7 Å². The van der Waals surface area contributed by atoms with Gasteiger partial charge in [0.25, 0.3) is 0 Å². The van der Waals surface area contributed by atoms with Gasteiger partial charge in [-0.05, 0) is 44.2 Å². The first-order chi connectivity index (χ1) is 14.5. The van der Waals surface area contributed by atoms with Crippen LogP contribution in [0, 0.1) is 11.8 Å². The quantitative estimate of drug-likeness (QED) is 0.445. The second-order valence-electron chi connectivity index (χ2n) is 6.36. The van der Waals surface area contributed by atoms with Crippen LogP contribution in [0.2, 0.25) is 0 Å². The van der Waals surface area contributed by atoms with Crippen molar-refractivity contribution >= 4 is 17.7 Å². The van der Waals surface area contributed by atoms with E-state index < -0.39 is 5.97 Å². The number of rotatable bonds is 5. The number of H-pyrrole nitrogens is 1. The molecule has 0 radical (unpaired) electrons. The number of anilines is 1. The summed E-state index contributed by atoms with van der Waals surface area (Å²) in [6.45, 7) is 1.74. The van der Waals surface area contributed by atoms with Crippen molar-refractivity contribution in [2.45, 2.75) is 13.0 Å². The van der Waals surface area contributed by atoms with Gasteiger partial charge >= 0.3 is 5.97 Å². The Balaban J connectivity index is 2.06. The summed E-state index contributed by atoms with van der Waals surface area (Å²) in [7, 11) is 2.99. The Morgan fingerprint density at radius 1 is 1.10 bits per heavy atom. The molecule has 0 saturated carbocycles. The van der Waals surface area contributed by atoms with E-state index in [0.717, 1.165) is 5.56 Å². The summed E-state index contributed by atoms with van der Waals surface area (Å²) in [6, 6.07) is 12.4. The number of amides is 1. The smallest absolute Gasteiger partial charge is 0.356 e. The van der Waals surface area contributed by atoms with Crippen molar-refractivity contribution in [1.29, 1.82) is 0 Å². The summed E-state index contributed by atoms with van der Waals surface area (Å²) >= 11 is 0. The molecule has 1 amide bonds. The van der Waals surface area contributed by atoms with Crippen LogP contribution in [0.1, 0.15) is 28.7 Å². The number of hydrogen-bond acceptors (Lipinski definition) is 6. The van der Waals surface area contributed by atoms with E-state index in [1.54, 1.807) is 26.1 Å². The lowest BCUT2D eigenvalue weighted by molar-refractivity contribution is -0.117. The average molecular weight is 403 g/mol. The SMILES string of the molecule is CNC(C)C(=O)Nc1ccc(-c2cn[nH]c2C(=O)OC)c(C#Cc2ccccc2)n1. The van der Waals surface area contributed by atoms with Crippen LogP contribution in [0.25, 0.3) is 11.1 Å². The highest BCUT2D eigenvalue weighted by atomic mass is 16.5. The number of carbonyl (C=O) groups excluding carboxylic acids is 2. The van der Waals surface area contributed by atoms with E-state index in [1.807, 2.05) is 30.3 Å². The lowest BCUT2D eigenvalue weighted by atomic mass is 10.0. The zero-order valence-corrected chi connectivity index (χ0v) is 16.8. The molecule has 8 heteroatoms. The maximum atomic E-state index is 12.2. The first kappa shape index (κ1) is 20.8. The summed E-state index contributed by atoms with van der Waals surface area (Å²) < 4.78 is 4.81. The van der Waals surface area contributed by atoms with Crippen LogP contribution in [-0.4, -0.2) is 47.3 Å². The van der Waals surface area contributed by atoms with Crippen LogP contribution in [-0.2, 0) is 9.53 Å². The number of aromatic nitrogens is 3. The van der Waals surface area contributed by atoms with Crippen LogP contribution in [0.15, 0.2) is 48.7 Å². The van der Waals surface area contributed by atoms with Crippen LogP contribution >= 0.6 is 0 Å². The minimum atomic E-state index is -0.551. The van der Waals surface area contributed by atoms with Crippen LogP contribution in [0.3, 0.4) is 0 Å². The molecular weight excluding hydrogens is 382 g/mol. The van der Waals surface area contributed by atoms with Gasteiger partial charge < -0.3 is 15.4 Å². The zero-order valence-electron chi connectivity index (χ0n) is 16.8. The molecule has 30 heavy (non-hydrogen) atoms. The largest absolute Gasteiger partial charge is 0.464 e. The van der Waals surface area contributed by atoms with E-state index in [9.17, 15) is 9.59 Å². The molecule has 3 aromatic rings. The van der Waals surface area contributed by atoms with Crippen LogP contribution in [0.4, 0.5) is 5.82 Å². The second kappa shape index (κ2) is 9.49. The van der Waals surface area contributed by atoms with Gasteiger partial charge in [-0.15, -0.1) is 0 Å². The fourth-order valence-corrected chi connectivity index (χ4v) is 2.61. The minimum Gasteiger partial charge on any atom is -0.464 e. The topological polar surface area (TPSA) is 109 Å². The van der Waals surface area contributed by atoms with Gasteiger partial charge in [0.05, 0.1) is 19.3 Å². The van der Waals surface area contributed by atoms with Gasteiger partial charge in [0.1, 0.15) is 11.5 Å². The fourth-order valence-electron chi connectivity index (χ4n) is 2.61. The van der Waals surface area contributed by atoms with Crippen molar-refractivity contribution in [2.24, 2.45) is 0 Å². The molecular formula is C22H21N5O3. The lowest BCUT2D eigenvalue weighted by Crippen LogP contribution is -2.35. The molecule has 1 unspecified atom stereocenters. The summed E-state index contributed by atoms with van der Waals surface area (Å²) in [5.41, 5.74) is 2.49. The summed E-state index contributed by atoms with van der Waals surface area (Å²) in [5.74, 6) is 5.67. The number of hydrogen-bond donors (Lipinski definition) is 3. The summed E-state index contributed by atoms with van der Waals surface area (Å²) in [5, 5.41) is 12.2. The van der Waals surface area contributed by atoms with Crippen molar-refractivity contribution in [3.05, 3.63) is 65.6 Å². The molecule has 8 nitrogen and oxygen atoms in total. The second-order valence-corrected chi connectivity index (χ2v) is 6.36. The molecule has 152 valence electrons.